The van der Waals surface area contributed by atoms with Gasteiger partial charge in [-0.1, -0.05) is 0 Å². The summed E-state index contributed by atoms with van der Waals surface area (Å²) in [4.78, 5) is 27.6. The molecule has 7 heteroatoms. The van der Waals surface area contributed by atoms with E-state index in [0.717, 1.165) is 24.5 Å². The van der Waals surface area contributed by atoms with Crippen LogP contribution in [0, 0.1) is 6.92 Å². The first-order chi connectivity index (χ1) is 11.0. The molecular formula is C16H16N2O4S. The zero-order valence-electron chi connectivity index (χ0n) is 12.5. The fourth-order valence-electron chi connectivity index (χ4n) is 2.49. The molecule has 2 heterocycles. The summed E-state index contributed by atoms with van der Waals surface area (Å²) in [6, 6.07) is 4.68. The van der Waals surface area contributed by atoms with Gasteiger partial charge in [-0.15, -0.1) is 11.3 Å². The molecule has 1 fully saturated rings. The molecule has 0 unspecified atom stereocenters. The molecule has 0 radical (unpaired) electrons. The summed E-state index contributed by atoms with van der Waals surface area (Å²) in [7, 11) is 0. The predicted molar refractivity (Wildman–Crippen MR) is 86.1 cm³/mol. The van der Waals surface area contributed by atoms with E-state index >= 15 is 0 Å². The number of nitrogens with zero attached hydrogens (tertiary/aromatic N) is 1. The maximum Gasteiger partial charge on any atom is 0.335 e. The van der Waals surface area contributed by atoms with Crippen molar-refractivity contribution in [1.82, 2.24) is 4.98 Å². The van der Waals surface area contributed by atoms with Crippen LogP contribution >= 0.6 is 11.3 Å². The number of benzene rings is 1. The molecule has 1 aromatic heterocycles. The molecule has 2 aromatic rings. The number of anilines is 1. The third-order valence-corrected chi connectivity index (χ3v) is 4.61. The van der Waals surface area contributed by atoms with Crippen molar-refractivity contribution in [3.63, 3.8) is 0 Å². The van der Waals surface area contributed by atoms with E-state index in [1.165, 1.54) is 17.4 Å². The number of carboxylic acid groups (broad SMARTS) is 1. The molecule has 0 saturated carbocycles. The summed E-state index contributed by atoms with van der Waals surface area (Å²) in [6.07, 6.45) is 1.95. The Morgan fingerprint density at radius 1 is 1.43 bits per heavy atom. The minimum atomic E-state index is -0.985. The van der Waals surface area contributed by atoms with E-state index < -0.39 is 5.97 Å². The van der Waals surface area contributed by atoms with Gasteiger partial charge in [0, 0.05) is 17.7 Å². The van der Waals surface area contributed by atoms with Gasteiger partial charge < -0.3 is 15.2 Å². The Morgan fingerprint density at radius 2 is 2.26 bits per heavy atom. The number of thiazole rings is 1. The highest BCUT2D eigenvalue weighted by atomic mass is 32.1. The Morgan fingerprint density at radius 3 is 2.91 bits per heavy atom. The second kappa shape index (κ2) is 6.47. The number of carbonyl (C=O) groups is 2. The standard InChI is InChI=1S/C16H16N2O4S/c1-9-7-10(4-5-11(9)16(20)21)17-14(19)12-8-23-15(18-12)13-3-2-6-22-13/h4-5,7-8,13H,2-3,6H2,1H3,(H,17,19)(H,20,21)/t13-/m1/s1. The second-order valence-electron chi connectivity index (χ2n) is 5.36. The number of carbonyl (C=O) groups excluding carboxylic acids is 1. The van der Waals surface area contributed by atoms with Crippen LogP contribution < -0.4 is 5.32 Å². The van der Waals surface area contributed by atoms with Gasteiger partial charge in [-0.3, -0.25) is 4.79 Å². The fourth-order valence-corrected chi connectivity index (χ4v) is 3.37. The molecule has 1 atom stereocenters. The van der Waals surface area contributed by atoms with Gasteiger partial charge in [0.1, 0.15) is 16.8 Å². The van der Waals surface area contributed by atoms with Gasteiger partial charge in [-0.05, 0) is 43.5 Å². The molecule has 1 aliphatic heterocycles. The van der Waals surface area contributed by atoms with E-state index in [0.29, 0.717) is 16.9 Å². The Kier molecular flexibility index (Phi) is 4.40. The fraction of sp³-hybridized carbons (Fsp3) is 0.312. The van der Waals surface area contributed by atoms with E-state index in [1.54, 1.807) is 24.4 Å². The summed E-state index contributed by atoms with van der Waals surface area (Å²) in [5, 5.41) is 14.3. The molecule has 3 rings (SSSR count). The number of rotatable bonds is 4. The van der Waals surface area contributed by atoms with Crippen molar-refractivity contribution in [3.05, 3.63) is 45.4 Å². The number of hydrogen-bond acceptors (Lipinski definition) is 5. The molecule has 1 aromatic carbocycles. The van der Waals surface area contributed by atoms with Crippen LogP contribution in [0.25, 0.3) is 0 Å². The molecule has 120 valence electrons. The second-order valence-corrected chi connectivity index (χ2v) is 6.25. The molecular weight excluding hydrogens is 316 g/mol. The van der Waals surface area contributed by atoms with Gasteiger partial charge in [0.15, 0.2) is 0 Å². The summed E-state index contributed by atoms with van der Waals surface area (Å²) in [6.45, 7) is 2.43. The van der Waals surface area contributed by atoms with E-state index in [9.17, 15) is 9.59 Å². The third kappa shape index (κ3) is 3.40. The SMILES string of the molecule is Cc1cc(NC(=O)c2csc([C@H]3CCCO3)n2)ccc1C(=O)O. The molecule has 6 nitrogen and oxygen atoms in total. The molecule has 1 aliphatic rings. The van der Waals surface area contributed by atoms with Crippen molar-refractivity contribution in [2.24, 2.45) is 0 Å². The molecule has 2 N–H and O–H groups in total. The van der Waals surface area contributed by atoms with Crippen LogP contribution in [0.4, 0.5) is 5.69 Å². The molecule has 0 aliphatic carbocycles. The monoisotopic (exact) mass is 332 g/mol. The normalized spacial score (nSPS) is 17.2. The molecule has 23 heavy (non-hydrogen) atoms. The molecule has 0 bridgehead atoms. The Bertz CT molecular complexity index is 750. The highest BCUT2D eigenvalue weighted by Gasteiger charge is 2.22. The highest BCUT2D eigenvalue weighted by molar-refractivity contribution is 7.09. The van der Waals surface area contributed by atoms with Crippen molar-refractivity contribution in [3.8, 4) is 0 Å². The van der Waals surface area contributed by atoms with Gasteiger partial charge in [0.05, 0.1) is 5.56 Å². The first kappa shape index (κ1) is 15.6. The Labute approximate surface area is 137 Å². The lowest BCUT2D eigenvalue weighted by atomic mass is 10.1. The van der Waals surface area contributed by atoms with E-state index in [2.05, 4.69) is 10.3 Å². The highest BCUT2D eigenvalue weighted by Crippen LogP contribution is 2.30. The number of aromatic nitrogens is 1. The summed E-state index contributed by atoms with van der Waals surface area (Å²) in [5.41, 5.74) is 1.70. The lowest BCUT2D eigenvalue weighted by Crippen LogP contribution is -2.13. The number of aryl methyl sites for hydroxylation is 1. The number of amides is 1. The van der Waals surface area contributed by atoms with Crippen molar-refractivity contribution in [2.75, 3.05) is 11.9 Å². The number of ether oxygens (including phenoxy) is 1. The quantitative estimate of drug-likeness (QED) is 0.897. The van der Waals surface area contributed by atoms with Crippen molar-refractivity contribution in [1.29, 1.82) is 0 Å². The van der Waals surface area contributed by atoms with E-state index in [1.807, 2.05) is 0 Å². The number of nitrogens with one attached hydrogen (secondary N) is 1. The first-order valence-corrected chi connectivity index (χ1v) is 8.15. The van der Waals surface area contributed by atoms with Gasteiger partial charge in [0.2, 0.25) is 0 Å². The van der Waals surface area contributed by atoms with Crippen LogP contribution in [0.2, 0.25) is 0 Å². The van der Waals surface area contributed by atoms with Crippen LogP contribution in [0.1, 0.15) is 50.4 Å². The lowest BCUT2D eigenvalue weighted by molar-refractivity contribution is 0.0696. The van der Waals surface area contributed by atoms with Crippen molar-refractivity contribution < 1.29 is 19.4 Å². The molecule has 0 spiro atoms. The smallest absolute Gasteiger partial charge is 0.335 e. The maximum atomic E-state index is 12.2. The Balaban J connectivity index is 1.71. The van der Waals surface area contributed by atoms with Crippen LogP contribution in [0.3, 0.4) is 0 Å². The molecule has 1 saturated heterocycles. The number of hydrogen-bond donors (Lipinski definition) is 2. The first-order valence-electron chi connectivity index (χ1n) is 7.27. The number of aromatic carboxylic acids is 1. The average Bonchev–Trinajstić information content (AvgIpc) is 3.18. The number of carboxylic acids is 1. The minimum absolute atomic E-state index is 0.00126. The lowest BCUT2D eigenvalue weighted by Gasteiger charge is -2.07. The van der Waals surface area contributed by atoms with Crippen LogP contribution in [-0.2, 0) is 4.74 Å². The van der Waals surface area contributed by atoms with Gasteiger partial charge in [0.25, 0.3) is 5.91 Å². The van der Waals surface area contributed by atoms with Crippen molar-refractivity contribution in [2.45, 2.75) is 25.9 Å². The van der Waals surface area contributed by atoms with E-state index in [4.69, 9.17) is 9.84 Å². The third-order valence-electron chi connectivity index (χ3n) is 3.67. The van der Waals surface area contributed by atoms with Crippen LogP contribution in [0.15, 0.2) is 23.6 Å². The summed E-state index contributed by atoms with van der Waals surface area (Å²) < 4.78 is 5.56. The topological polar surface area (TPSA) is 88.5 Å². The van der Waals surface area contributed by atoms with Crippen LogP contribution in [-0.4, -0.2) is 28.6 Å². The average molecular weight is 332 g/mol. The zero-order chi connectivity index (χ0) is 16.4. The largest absolute Gasteiger partial charge is 0.478 e. The summed E-state index contributed by atoms with van der Waals surface area (Å²) in [5.74, 6) is -1.30. The molecule has 1 amide bonds. The Hall–Kier alpha value is -2.25. The minimum Gasteiger partial charge on any atom is -0.478 e. The van der Waals surface area contributed by atoms with E-state index in [-0.39, 0.29) is 17.6 Å². The maximum absolute atomic E-state index is 12.2. The van der Waals surface area contributed by atoms with Crippen LogP contribution in [0.5, 0.6) is 0 Å². The zero-order valence-corrected chi connectivity index (χ0v) is 13.4. The van der Waals surface area contributed by atoms with Gasteiger partial charge in [-0.25, -0.2) is 9.78 Å². The predicted octanol–water partition coefficient (Wildman–Crippen LogP) is 3.25. The van der Waals surface area contributed by atoms with Gasteiger partial charge in [-0.2, -0.15) is 0 Å². The summed E-state index contributed by atoms with van der Waals surface area (Å²) >= 11 is 1.42. The van der Waals surface area contributed by atoms with Gasteiger partial charge >= 0.3 is 5.97 Å². The van der Waals surface area contributed by atoms with Crippen molar-refractivity contribution >= 4 is 28.9 Å².